The molecule has 0 amide bonds. The monoisotopic (exact) mass is 411 g/mol. The van der Waals surface area contributed by atoms with Gasteiger partial charge in [0.15, 0.2) is 0 Å². The minimum atomic E-state index is -3.79. The Morgan fingerprint density at radius 1 is 1.17 bits per heavy atom. The molecule has 0 aliphatic heterocycles. The van der Waals surface area contributed by atoms with E-state index in [2.05, 4.69) is 15.9 Å². The second-order valence-corrected chi connectivity index (χ2v) is 7.89. The molecule has 0 saturated heterocycles. The lowest BCUT2D eigenvalue weighted by atomic mass is 10.1. The van der Waals surface area contributed by atoms with Crippen LogP contribution in [0.1, 0.15) is 22.8 Å². The molecule has 0 bridgehead atoms. The summed E-state index contributed by atoms with van der Waals surface area (Å²) in [7, 11) is -2.52. The van der Waals surface area contributed by atoms with E-state index >= 15 is 0 Å². The van der Waals surface area contributed by atoms with E-state index in [4.69, 9.17) is 4.74 Å². The third kappa shape index (κ3) is 3.62. The van der Waals surface area contributed by atoms with Crippen LogP contribution in [0.5, 0.6) is 0 Å². The maximum atomic E-state index is 13.0. The molecule has 24 heavy (non-hydrogen) atoms. The van der Waals surface area contributed by atoms with E-state index in [-0.39, 0.29) is 17.0 Å². The Bertz CT molecular complexity index is 847. The number of benzene rings is 2. The summed E-state index contributed by atoms with van der Waals surface area (Å²) in [6, 6.07) is 11.5. The highest BCUT2D eigenvalue weighted by Crippen LogP contribution is 2.26. The topological polar surface area (TPSA) is 63.7 Å². The summed E-state index contributed by atoms with van der Waals surface area (Å²) in [4.78, 5) is 11.9. The zero-order valence-electron chi connectivity index (χ0n) is 13.6. The molecule has 0 fully saturated rings. The predicted molar refractivity (Wildman–Crippen MR) is 96.9 cm³/mol. The van der Waals surface area contributed by atoms with Crippen LogP contribution in [0.25, 0.3) is 0 Å². The van der Waals surface area contributed by atoms with Crippen LogP contribution in [0.2, 0.25) is 0 Å². The lowest BCUT2D eigenvalue weighted by Gasteiger charge is -2.23. The number of hydrogen-bond acceptors (Lipinski definition) is 4. The van der Waals surface area contributed by atoms with E-state index in [1.54, 1.807) is 44.2 Å². The number of carbonyl (C=O) groups excluding carboxylic acids is 1. The number of rotatable bonds is 5. The molecular formula is C17H18BrNO4S. The zero-order chi connectivity index (χ0) is 17.9. The molecular weight excluding hydrogens is 394 g/mol. The molecule has 0 aliphatic carbocycles. The van der Waals surface area contributed by atoms with Gasteiger partial charge >= 0.3 is 5.97 Å². The number of aryl methyl sites for hydroxylation is 1. The molecule has 0 radical (unpaired) electrons. The van der Waals surface area contributed by atoms with Crippen LogP contribution >= 0.6 is 15.9 Å². The van der Waals surface area contributed by atoms with E-state index in [0.29, 0.717) is 11.3 Å². The average molecular weight is 412 g/mol. The Labute approximate surface area is 150 Å². The van der Waals surface area contributed by atoms with Crippen molar-refractivity contribution in [2.75, 3.05) is 18.0 Å². The van der Waals surface area contributed by atoms with Crippen molar-refractivity contribution in [1.82, 2.24) is 0 Å². The van der Waals surface area contributed by atoms with Crippen molar-refractivity contribution in [3.05, 3.63) is 58.1 Å². The van der Waals surface area contributed by atoms with Gasteiger partial charge in [0.1, 0.15) is 0 Å². The largest absolute Gasteiger partial charge is 0.465 e. The number of anilines is 1. The quantitative estimate of drug-likeness (QED) is 0.702. The van der Waals surface area contributed by atoms with Gasteiger partial charge in [-0.1, -0.05) is 22.0 Å². The molecule has 2 aromatic carbocycles. The second kappa shape index (κ2) is 7.36. The molecule has 0 spiro atoms. The summed E-state index contributed by atoms with van der Waals surface area (Å²) >= 11 is 3.33. The Hall–Kier alpha value is -1.86. The number of esters is 1. The SMILES string of the molecule is CCN(c1ccc(Br)cc1)S(=O)(=O)c1ccc(C)c(C(=O)OC)c1. The van der Waals surface area contributed by atoms with E-state index in [0.717, 1.165) is 4.47 Å². The fraction of sp³-hybridized carbons (Fsp3) is 0.235. The normalized spacial score (nSPS) is 11.2. The number of nitrogens with zero attached hydrogens (tertiary/aromatic N) is 1. The highest BCUT2D eigenvalue weighted by atomic mass is 79.9. The first-order valence-corrected chi connectivity index (χ1v) is 9.51. The first kappa shape index (κ1) is 18.5. The summed E-state index contributed by atoms with van der Waals surface area (Å²) < 4.78 is 32.8. The number of sulfonamides is 1. The molecule has 5 nitrogen and oxygen atoms in total. The Morgan fingerprint density at radius 3 is 2.33 bits per heavy atom. The minimum absolute atomic E-state index is 0.0540. The van der Waals surface area contributed by atoms with Gasteiger partial charge in [-0.15, -0.1) is 0 Å². The van der Waals surface area contributed by atoms with Gasteiger partial charge in [0.2, 0.25) is 0 Å². The molecule has 0 aromatic heterocycles. The number of carbonyl (C=O) groups is 1. The van der Waals surface area contributed by atoms with Gasteiger partial charge in [0.25, 0.3) is 10.0 Å². The van der Waals surface area contributed by atoms with E-state index in [1.807, 2.05) is 0 Å². The van der Waals surface area contributed by atoms with Gasteiger partial charge in [-0.05, 0) is 55.8 Å². The molecule has 2 rings (SSSR count). The third-order valence-electron chi connectivity index (χ3n) is 3.60. The highest BCUT2D eigenvalue weighted by molar-refractivity contribution is 9.10. The van der Waals surface area contributed by atoms with Gasteiger partial charge in [-0.3, -0.25) is 4.31 Å². The van der Waals surface area contributed by atoms with Crippen molar-refractivity contribution in [3.8, 4) is 0 Å². The van der Waals surface area contributed by atoms with Crippen molar-refractivity contribution in [2.24, 2.45) is 0 Å². The van der Waals surface area contributed by atoms with Gasteiger partial charge in [0.05, 0.1) is 23.3 Å². The molecule has 0 unspecified atom stereocenters. The Morgan fingerprint density at radius 2 is 1.79 bits per heavy atom. The van der Waals surface area contributed by atoms with E-state index in [9.17, 15) is 13.2 Å². The molecule has 0 aliphatic rings. The fourth-order valence-electron chi connectivity index (χ4n) is 2.32. The predicted octanol–water partition coefficient (Wildman–Crippen LogP) is 3.76. The molecule has 0 saturated carbocycles. The maximum Gasteiger partial charge on any atom is 0.338 e. The summed E-state index contributed by atoms with van der Waals surface area (Å²) in [5, 5.41) is 0. The van der Waals surface area contributed by atoms with Crippen LogP contribution in [0, 0.1) is 6.92 Å². The van der Waals surface area contributed by atoms with Crippen molar-refractivity contribution >= 4 is 37.6 Å². The lowest BCUT2D eigenvalue weighted by molar-refractivity contribution is 0.0599. The molecule has 0 N–H and O–H groups in total. The van der Waals surface area contributed by atoms with Crippen LogP contribution in [0.15, 0.2) is 51.8 Å². The van der Waals surface area contributed by atoms with Crippen LogP contribution < -0.4 is 4.31 Å². The van der Waals surface area contributed by atoms with Crippen LogP contribution in [0.4, 0.5) is 5.69 Å². The first-order valence-electron chi connectivity index (χ1n) is 7.28. The van der Waals surface area contributed by atoms with Crippen LogP contribution in [-0.2, 0) is 14.8 Å². The van der Waals surface area contributed by atoms with E-state index < -0.39 is 16.0 Å². The number of halogens is 1. The summed E-state index contributed by atoms with van der Waals surface area (Å²) in [5.41, 5.74) is 1.46. The molecule has 128 valence electrons. The van der Waals surface area contributed by atoms with Gasteiger partial charge in [-0.2, -0.15) is 0 Å². The van der Waals surface area contributed by atoms with Gasteiger partial charge in [-0.25, -0.2) is 13.2 Å². The number of ether oxygens (including phenoxy) is 1. The summed E-state index contributed by atoms with van der Waals surface area (Å²) in [5.74, 6) is -0.559. The van der Waals surface area contributed by atoms with Crippen molar-refractivity contribution < 1.29 is 17.9 Å². The Balaban J connectivity index is 2.52. The van der Waals surface area contributed by atoms with Crippen molar-refractivity contribution in [1.29, 1.82) is 0 Å². The van der Waals surface area contributed by atoms with Gasteiger partial charge < -0.3 is 4.74 Å². The number of hydrogen-bond donors (Lipinski definition) is 0. The summed E-state index contributed by atoms with van der Waals surface area (Å²) in [6.45, 7) is 3.76. The minimum Gasteiger partial charge on any atom is -0.465 e. The van der Waals surface area contributed by atoms with Gasteiger partial charge in [0, 0.05) is 11.0 Å². The zero-order valence-corrected chi connectivity index (χ0v) is 16.0. The standard InChI is InChI=1S/C17H18BrNO4S/c1-4-19(14-8-6-13(18)7-9-14)24(21,22)15-10-5-12(2)16(11-15)17(20)23-3/h5-11H,4H2,1-3H3. The molecule has 2 aromatic rings. The first-order chi connectivity index (χ1) is 11.3. The van der Waals surface area contributed by atoms with Crippen LogP contribution in [0.3, 0.4) is 0 Å². The number of methoxy groups -OCH3 is 1. The molecule has 0 atom stereocenters. The summed E-state index contributed by atoms with van der Waals surface area (Å²) in [6.07, 6.45) is 0. The smallest absolute Gasteiger partial charge is 0.338 e. The van der Waals surface area contributed by atoms with Crippen LogP contribution in [-0.4, -0.2) is 28.0 Å². The second-order valence-electron chi connectivity index (χ2n) is 5.11. The maximum absolute atomic E-state index is 13.0. The highest BCUT2D eigenvalue weighted by Gasteiger charge is 2.25. The Kier molecular flexibility index (Phi) is 5.66. The average Bonchev–Trinajstić information content (AvgIpc) is 2.56. The fourth-order valence-corrected chi connectivity index (χ4v) is 4.08. The van der Waals surface area contributed by atoms with Crippen molar-refractivity contribution in [2.45, 2.75) is 18.7 Å². The lowest BCUT2D eigenvalue weighted by Crippen LogP contribution is -2.31. The molecule has 0 heterocycles. The molecule has 7 heteroatoms. The third-order valence-corrected chi connectivity index (χ3v) is 6.03. The van der Waals surface area contributed by atoms with E-state index in [1.165, 1.54) is 23.5 Å². The van der Waals surface area contributed by atoms with Crippen molar-refractivity contribution in [3.63, 3.8) is 0 Å².